The molecule has 26 heavy (non-hydrogen) atoms. The molecule has 6 nitrogen and oxygen atoms in total. The third-order valence-electron chi connectivity index (χ3n) is 4.28. The molecule has 1 aromatic heterocycles. The van der Waals surface area contributed by atoms with Crippen molar-refractivity contribution in [2.75, 3.05) is 18.5 Å². The smallest absolute Gasteiger partial charge is 0.256 e. The number of carbonyl (C=O) groups is 1. The summed E-state index contributed by atoms with van der Waals surface area (Å²) in [6.45, 7) is -0.381. The van der Waals surface area contributed by atoms with Crippen LogP contribution >= 0.6 is 0 Å². The molecule has 1 aliphatic heterocycles. The van der Waals surface area contributed by atoms with Crippen LogP contribution in [0.5, 0.6) is 5.75 Å². The zero-order valence-electron chi connectivity index (χ0n) is 13.9. The first-order chi connectivity index (χ1) is 12.6. The van der Waals surface area contributed by atoms with E-state index in [1.165, 1.54) is 0 Å². The van der Waals surface area contributed by atoms with E-state index in [1.54, 1.807) is 18.2 Å². The Morgan fingerprint density at radius 2 is 2.00 bits per heavy atom. The molecule has 0 saturated heterocycles. The molecule has 1 unspecified atom stereocenters. The summed E-state index contributed by atoms with van der Waals surface area (Å²) in [4.78, 5) is 15.7. The van der Waals surface area contributed by atoms with Gasteiger partial charge in [-0.05, 0) is 41.8 Å². The van der Waals surface area contributed by atoms with Gasteiger partial charge in [0.2, 0.25) is 0 Å². The lowest BCUT2D eigenvalue weighted by Crippen LogP contribution is -2.21. The monoisotopic (exact) mass is 350 g/mol. The van der Waals surface area contributed by atoms with Crippen molar-refractivity contribution in [3.8, 4) is 5.75 Å². The number of para-hydroxylation sites is 1. The molecular weight excluding hydrogens is 332 g/mol. The van der Waals surface area contributed by atoms with Crippen molar-refractivity contribution in [3.63, 3.8) is 0 Å². The van der Waals surface area contributed by atoms with Crippen LogP contribution in [0.15, 0.2) is 48.5 Å². The predicted octanol–water partition coefficient (Wildman–Crippen LogP) is 2.39. The molecule has 2 heterocycles. The molecule has 0 bridgehead atoms. The van der Waals surface area contributed by atoms with Crippen molar-refractivity contribution in [3.05, 3.63) is 59.8 Å². The minimum absolute atomic E-state index is 0.0161. The molecule has 1 atom stereocenters. The number of carbonyl (C=O) groups excluding carboxylic acids is 1. The fourth-order valence-electron chi connectivity index (χ4n) is 2.97. The maximum atomic E-state index is 12.4. The highest BCUT2D eigenvalue weighted by Gasteiger charge is 2.25. The van der Waals surface area contributed by atoms with Gasteiger partial charge >= 0.3 is 0 Å². The van der Waals surface area contributed by atoms with E-state index >= 15 is 0 Å². The van der Waals surface area contributed by atoms with Crippen LogP contribution in [0.3, 0.4) is 0 Å². The van der Waals surface area contributed by atoms with Gasteiger partial charge in [0.1, 0.15) is 18.5 Å². The van der Waals surface area contributed by atoms with Gasteiger partial charge in [-0.25, -0.2) is 0 Å². The number of anilines is 1. The number of aromatic amines is 1. The van der Waals surface area contributed by atoms with Crippen molar-refractivity contribution in [2.24, 2.45) is 0 Å². The first-order valence-electron chi connectivity index (χ1n) is 8.31. The maximum absolute atomic E-state index is 12.4. The highest BCUT2D eigenvalue weighted by atomic mass is 16.5. The molecule has 132 valence electrons. The van der Waals surface area contributed by atoms with Gasteiger partial charge in [0.05, 0.1) is 12.2 Å². The first-order valence-corrected chi connectivity index (χ1v) is 8.31. The highest BCUT2D eigenvalue weighted by Crippen LogP contribution is 2.36. The second-order valence-electron chi connectivity index (χ2n) is 6.18. The highest BCUT2D eigenvalue weighted by molar-refractivity contribution is 6.35. The standard InChI is InChI=1S/C20H18N2O4/c23-10-14(24)11-26-15-5-6-19-16(9-15)17(20(25)22-19)8-13-7-12-3-1-2-4-18(12)21-13/h1-9,14,21,23-24H,10-11H2,(H,22,25). The average molecular weight is 350 g/mol. The first kappa shape index (κ1) is 16.4. The molecular formula is C20H18N2O4. The van der Waals surface area contributed by atoms with E-state index in [4.69, 9.17) is 9.84 Å². The van der Waals surface area contributed by atoms with Gasteiger partial charge in [0.15, 0.2) is 0 Å². The van der Waals surface area contributed by atoms with E-state index in [-0.39, 0.29) is 19.1 Å². The number of nitrogens with one attached hydrogen (secondary N) is 2. The maximum Gasteiger partial charge on any atom is 0.256 e. The quantitative estimate of drug-likeness (QED) is 0.532. The molecule has 2 aromatic carbocycles. The molecule has 0 fully saturated rings. The fraction of sp³-hybridized carbons (Fsp3) is 0.150. The summed E-state index contributed by atoms with van der Waals surface area (Å²) in [7, 11) is 0. The number of hydrogen-bond donors (Lipinski definition) is 4. The van der Waals surface area contributed by atoms with Gasteiger partial charge in [-0.1, -0.05) is 18.2 Å². The minimum Gasteiger partial charge on any atom is -0.491 e. The van der Waals surface area contributed by atoms with Crippen LogP contribution in [-0.2, 0) is 4.79 Å². The van der Waals surface area contributed by atoms with Crippen molar-refractivity contribution >= 4 is 34.1 Å². The fourth-order valence-corrected chi connectivity index (χ4v) is 2.97. The number of amides is 1. The summed E-state index contributed by atoms with van der Waals surface area (Å²) in [5.41, 5.74) is 3.84. The van der Waals surface area contributed by atoms with Crippen LogP contribution in [0.4, 0.5) is 5.69 Å². The van der Waals surface area contributed by atoms with Crippen LogP contribution in [0.2, 0.25) is 0 Å². The molecule has 4 rings (SSSR count). The second kappa shape index (κ2) is 6.67. The summed E-state index contributed by atoms with van der Waals surface area (Å²) in [6, 6.07) is 15.1. The van der Waals surface area contributed by atoms with E-state index in [0.717, 1.165) is 22.2 Å². The zero-order valence-corrected chi connectivity index (χ0v) is 13.9. The molecule has 0 radical (unpaired) electrons. The third kappa shape index (κ3) is 3.08. The van der Waals surface area contributed by atoms with E-state index in [9.17, 15) is 9.90 Å². The van der Waals surface area contributed by atoms with E-state index in [1.807, 2.05) is 36.4 Å². The van der Waals surface area contributed by atoms with Crippen molar-refractivity contribution in [1.82, 2.24) is 4.98 Å². The lowest BCUT2D eigenvalue weighted by Gasteiger charge is -2.10. The molecule has 6 heteroatoms. The Labute approximate surface area is 149 Å². The Bertz CT molecular complexity index is 973. The average Bonchev–Trinajstić information content (AvgIpc) is 3.20. The SMILES string of the molecule is O=C1Nc2ccc(OCC(O)CO)cc2C1=Cc1cc2ccccc2[nH]1. The predicted molar refractivity (Wildman–Crippen MR) is 99.8 cm³/mol. The number of ether oxygens (including phenoxy) is 1. The number of aliphatic hydroxyl groups excluding tert-OH is 2. The molecule has 0 saturated carbocycles. The number of fused-ring (bicyclic) bond motifs is 2. The number of aromatic nitrogens is 1. The summed E-state index contributed by atoms with van der Waals surface area (Å²) in [5, 5.41) is 22.2. The number of rotatable bonds is 5. The van der Waals surface area contributed by atoms with Gasteiger partial charge in [0.25, 0.3) is 5.91 Å². The number of H-pyrrole nitrogens is 1. The Balaban J connectivity index is 1.67. The van der Waals surface area contributed by atoms with Gasteiger partial charge in [-0.3, -0.25) is 4.79 Å². The number of hydrogen-bond acceptors (Lipinski definition) is 4. The zero-order chi connectivity index (χ0) is 18.1. The topological polar surface area (TPSA) is 94.6 Å². The van der Waals surface area contributed by atoms with Crippen LogP contribution in [0, 0.1) is 0 Å². The Hall–Kier alpha value is -3.09. The molecule has 1 aliphatic rings. The summed E-state index contributed by atoms with van der Waals surface area (Å²) >= 11 is 0. The Kier molecular flexibility index (Phi) is 4.20. The lowest BCUT2D eigenvalue weighted by molar-refractivity contribution is -0.110. The normalized spacial score (nSPS) is 15.9. The molecule has 0 aliphatic carbocycles. The number of benzene rings is 2. The van der Waals surface area contributed by atoms with E-state index in [0.29, 0.717) is 17.0 Å². The van der Waals surface area contributed by atoms with Gasteiger partial charge < -0.3 is 25.3 Å². The molecule has 0 spiro atoms. The number of aliphatic hydroxyl groups is 2. The van der Waals surface area contributed by atoms with Crippen LogP contribution in [-0.4, -0.2) is 40.4 Å². The molecule has 1 amide bonds. The molecule has 3 aromatic rings. The van der Waals surface area contributed by atoms with E-state index in [2.05, 4.69) is 10.3 Å². The van der Waals surface area contributed by atoms with Gasteiger partial charge in [-0.15, -0.1) is 0 Å². The Morgan fingerprint density at radius 1 is 1.15 bits per heavy atom. The summed E-state index contributed by atoms with van der Waals surface area (Å²) in [6.07, 6.45) is 0.873. The van der Waals surface area contributed by atoms with Crippen LogP contribution in [0.25, 0.3) is 22.6 Å². The minimum atomic E-state index is -0.940. The van der Waals surface area contributed by atoms with E-state index < -0.39 is 6.10 Å². The van der Waals surface area contributed by atoms with Crippen molar-refractivity contribution in [1.29, 1.82) is 0 Å². The van der Waals surface area contributed by atoms with Crippen LogP contribution < -0.4 is 10.1 Å². The third-order valence-corrected chi connectivity index (χ3v) is 4.28. The largest absolute Gasteiger partial charge is 0.491 e. The van der Waals surface area contributed by atoms with Crippen molar-refractivity contribution in [2.45, 2.75) is 6.10 Å². The second-order valence-corrected chi connectivity index (χ2v) is 6.18. The summed E-state index contributed by atoms with van der Waals surface area (Å²) < 4.78 is 5.48. The lowest BCUT2D eigenvalue weighted by atomic mass is 10.1. The summed E-state index contributed by atoms with van der Waals surface area (Å²) in [5.74, 6) is 0.349. The molecule has 4 N–H and O–H groups in total. The van der Waals surface area contributed by atoms with Crippen molar-refractivity contribution < 1.29 is 19.7 Å². The van der Waals surface area contributed by atoms with Gasteiger partial charge in [-0.2, -0.15) is 0 Å². The Morgan fingerprint density at radius 3 is 2.81 bits per heavy atom. The van der Waals surface area contributed by atoms with Gasteiger partial charge in [0, 0.05) is 22.5 Å². The van der Waals surface area contributed by atoms with Crippen LogP contribution in [0.1, 0.15) is 11.3 Å².